The first-order valence-corrected chi connectivity index (χ1v) is 9.93. The summed E-state index contributed by atoms with van der Waals surface area (Å²) in [4.78, 5) is 14.0. The van der Waals surface area contributed by atoms with Crippen molar-refractivity contribution in [3.8, 4) is 0 Å². The number of rotatable bonds is 4. The highest BCUT2D eigenvalue weighted by molar-refractivity contribution is 9.10. The molecule has 0 aliphatic carbocycles. The molecule has 0 spiro atoms. The molecule has 0 radical (unpaired) electrons. The smallest absolute Gasteiger partial charge is 0.323 e. The molecule has 130 valence electrons. The van der Waals surface area contributed by atoms with Gasteiger partial charge in [-0.1, -0.05) is 11.6 Å². The Morgan fingerprint density at radius 3 is 2.50 bits per heavy atom. The fourth-order valence-electron chi connectivity index (χ4n) is 2.27. The van der Waals surface area contributed by atoms with E-state index < -0.39 is 9.84 Å². The summed E-state index contributed by atoms with van der Waals surface area (Å²) in [6.45, 7) is 6.35. The number of carbonyl (C=O) groups excluding carboxylic acids is 1. The molecule has 0 saturated heterocycles. The van der Waals surface area contributed by atoms with Crippen LogP contribution in [0.4, 0.5) is 4.79 Å². The first kappa shape index (κ1) is 19.0. The number of halogens is 2. The van der Waals surface area contributed by atoms with E-state index in [1.54, 1.807) is 17.9 Å². The van der Waals surface area contributed by atoms with E-state index in [0.29, 0.717) is 23.7 Å². The Kier molecular flexibility index (Phi) is 5.72. The maximum Gasteiger partial charge on any atom is 0.344 e. The predicted molar refractivity (Wildman–Crippen MR) is 95.3 cm³/mol. The van der Waals surface area contributed by atoms with Crippen molar-refractivity contribution in [2.24, 2.45) is 0 Å². The Bertz CT molecular complexity index is 876. The summed E-state index contributed by atoms with van der Waals surface area (Å²) in [6, 6.07) is 4.13. The average molecular weight is 435 g/mol. The van der Waals surface area contributed by atoms with E-state index in [1.165, 1.54) is 18.3 Å². The standard InChI is InChI=1S/C15H17BrClN3O3S/c1-4-19(5-2)15(21)20-9-12(16)14(18-20)24(22,23)13-7-6-11(17)8-10(13)3/h6-9H,4-5H2,1-3H3. The summed E-state index contributed by atoms with van der Waals surface area (Å²) in [5, 5.41) is 4.25. The zero-order valence-corrected chi connectivity index (χ0v) is 16.6. The molecule has 1 aromatic heterocycles. The lowest BCUT2D eigenvalue weighted by Crippen LogP contribution is -2.34. The summed E-state index contributed by atoms with van der Waals surface area (Å²) >= 11 is 9.07. The van der Waals surface area contributed by atoms with Gasteiger partial charge in [-0.15, -0.1) is 0 Å². The molecule has 0 saturated carbocycles. The minimum Gasteiger partial charge on any atom is -0.323 e. The molecule has 1 aromatic carbocycles. The number of sulfone groups is 1. The summed E-state index contributed by atoms with van der Waals surface area (Å²) in [5.74, 6) is 0. The molecule has 0 unspecified atom stereocenters. The Morgan fingerprint density at radius 1 is 1.33 bits per heavy atom. The van der Waals surface area contributed by atoms with Crippen LogP contribution in [0.1, 0.15) is 19.4 Å². The summed E-state index contributed by atoms with van der Waals surface area (Å²) in [5.41, 5.74) is 0.513. The molecule has 1 heterocycles. The molecule has 2 rings (SSSR count). The second kappa shape index (κ2) is 7.25. The number of hydrogen-bond donors (Lipinski definition) is 0. The average Bonchev–Trinajstić information content (AvgIpc) is 2.90. The normalized spacial score (nSPS) is 11.5. The lowest BCUT2D eigenvalue weighted by atomic mass is 10.2. The Morgan fingerprint density at radius 2 is 1.96 bits per heavy atom. The van der Waals surface area contributed by atoms with Gasteiger partial charge in [0.1, 0.15) is 0 Å². The number of hydrogen-bond acceptors (Lipinski definition) is 4. The van der Waals surface area contributed by atoms with Crippen molar-refractivity contribution >= 4 is 43.4 Å². The first-order chi connectivity index (χ1) is 11.2. The van der Waals surface area contributed by atoms with Crippen LogP contribution >= 0.6 is 27.5 Å². The fourth-order valence-corrected chi connectivity index (χ4v) is 4.86. The van der Waals surface area contributed by atoms with Crippen molar-refractivity contribution < 1.29 is 13.2 Å². The van der Waals surface area contributed by atoms with E-state index in [1.807, 2.05) is 13.8 Å². The Labute approximate surface area is 154 Å². The molecule has 0 aliphatic heterocycles. The van der Waals surface area contributed by atoms with Crippen molar-refractivity contribution in [1.29, 1.82) is 0 Å². The highest BCUT2D eigenvalue weighted by atomic mass is 79.9. The molecule has 0 aliphatic rings. The molecular weight excluding hydrogens is 418 g/mol. The van der Waals surface area contributed by atoms with Crippen LogP contribution in [0.15, 0.2) is 38.8 Å². The number of benzene rings is 1. The third-order valence-electron chi connectivity index (χ3n) is 3.55. The van der Waals surface area contributed by atoms with E-state index in [0.717, 1.165) is 4.68 Å². The van der Waals surface area contributed by atoms with Crippen LogP contribution in [0, 0.1) is 6.92 Å². The van der Waals surface area contributed by atoms with Crippen molar-refractivity contribution in [2.45, 2.75) is 30.7 Å². The van der Waals surface area contributed by atoms with Gasteiger partial charge in [0, 0.05) is 18.1 Å². The second-order valence-corrected chi connectivity index (χ2v) is 8.22. The van der Waals surface area contributed by atoms with E-state index >= 15 is 0 Å². The van der Waals surface area contributed by atoms with E-state index in [9.17, 15) is 13.2 Å². The monoisotopic (exact) mass is 433 g/mol. The minimum atomic E-state index is -3.88. The highest BCUT2D eigenvalue weighted by Crippen LogP contribution is 2.29. The number of amides is 1. The van der Waals surface area contributed by atoms with Crippen LogP contribution in [0.3, 0.4) is 0 Å². The van der Waals surface area contributed by atoms with Crippen LogP contribution in [0.25, 0.3) is 0 Å². The molecule has 24 heavy (non-hydrogen) atoms. The lowest BCUT2D eigenvalue weighted by Gasteiger charge is -2.17. The molecule has 0 atom stereocenters. The molecule has 0 bridgehead atoms. The van der Waals surface area contributed by atoms with Gasteiger partial charge in [0.15, 0.2) is 5.03 Å². The fraction of sp³-hybridized carbons (Fsp3) is 0.333. The molecule has 6 nitrogen and oxygen atoms in total. The van der Waals surface area contributed by atoms with E-state index in [4.69, 9.17) is 11.6 Å². The molecular formula is C15H17BrClN3O3S. The van der Waals surface area contributed by atoms with Gasteiger partial charge in [0.05, 0.1) is 15.6 Å². The number of aryl methyl sites for hydroxylation is 1. The lowest BCUT2D eigenvalue weighted by molar-refractivity contribution is 0.201. The molecule has 9 heteroatoms. The third-order valence-corrected chi connectivity index (χ3v) is 6.48. The SMILES string of the molecule is CCN(CC)C(=O)n1cc(Br)c(S(=O)(=O)c2ccc(Cl)cc2C)n1. The number of nitrogens with zero attached hydrogens (tertiary/aromatic N) is 3. The molecule has 1 amide bonds. The topological polar surface area (TPSA) is 72.3 Å². The second-order valence-electron chi connectivity index (χ2n) is 5.09. The third kappa shape index (κ3) is 3.50. The van der Waals surface area contributed by atoms with Crippen molar-refractivity contribution in [1.82, 2.24) is 14.7 Å². The van der Waals surface area contributed by atoms with Crippen LogP contribution in [-0.2, 0) is 9.84 Å². The van der Waals surface area contributed by atoms with E-state index in [2.05, 4.69) is 21.0 Å². The van der Waals surface area contributed by atoms with Crippen molar-refractivity contribution in [2.75, 3.05) is 13.1 Å². The van der Waals surface area contributed by atoms with Crippen LogP contribution in [-0.4, -0.2) is 42.2 Å². The van der Waals surface area contributed by atoms with Crippen LogP contribution in [0.2, 0.25) is 5.02 Å². The molecule has 2 aromatic rings. The number of carbonyl (C=O) groups is 1. The Balaban J connectivity index is 2.51. The predicted octanol–water partition coefficient (Wildman–Crippen LogP) is 3.75. The van der Waals surface area contributed by atoms with Gasteiger partial charge >= 0.3 is 6.03 Å². The van der Waals surface area contributed by atoms with Gasteiger partial charge < -0.3 is 4.90 Å². The molecule has 0 fully saturated rings. The van der Waals surface area contributed by atoms with E-state index in [-0.39, 0.29) is 20.4 Å². The summed E-state index contributed by atoms with van der Waals surface area (Å²) in [6.07, 6.45) is 1.36. The zero-order chi connectivity index (χ0) is 18.1. The summed E-state index contributed by atoms with van der Waals surface area (Å²) < 4.78 is 27.0. The first-order valence-electron chi connectivity index (χ1n) is 7.28. The minimum absolute atomic E-state index is 0.105. The zero-order valence-electron chi connectivity index (χ0n) is 13.5. The van der Waals surface area contributed by atoms with Crippen molar-refractivity contribution in [3.05, 3.63) is 39.5 Å². The molecule has 0 N–H and O–H groups in total. The van der Waals surface area contributed by atoms with Gasteiger partial charge in [0.2, 0.25) is 9.84 Å². The maximum atomic E-state index is 12.9. The summed E-state index contributed by atoms with van der Waals surface area (Å²) in [7, 11) is -3.88. The Hall–Kier alpha value is -1.38. The van der Waals surface area contributed by atoms with Gasteiger partial charge in [-0.2, -0.15) is 9.78 Å². The van der Waals surface area contributed by atoms with Gasteiger partial charge in [-0.3, -0.25) is 0 Å². The van der Waals surface area contributed by atoms with Crippen molar-refractivity contribution in [3.63, 3.8) is 0 Å². The highest BCUT2D eigenvalue weighted by Gasteiger charge is 2.28. The quantitative estimate of drug-likeness (QED) is 0.734. The van der Waals surface area contributed by atoms with Gasteiger partial charge in [-0.25, -0.2) is 13.2 Å². The van der Waals surface area contributed by atoms with Gasteiger partial charge in [-0.05, 0) is 60.5 Å². The number of aromatic nitrogens is 2. The van der Waals surface area contributed by atoms with Crippen LogP contribution < -0.4 is 0 Å². The maximum absolute atomic E-state index is 12.9. The largest absolute Gasteiger partial charge is 0.344 e. The van der Waals surface area contributed by atoms with Crippen LogP contribution in [0.5, 0.6) is 0 Å². The van der Waals surface area contributed by atoms with Gasteiger partial charge in [0.25, 0.3) is 0 Å².